The van der Waals surface area contributed by atoms with Crippen LogP contribution in [0.25, 0.3) is 0 Å². The molecule has 1 fully saturated rings. The summed E-state index contributed by atoms with van der Waals surface area (Å²) in [7, 11) is 1.75. The maximum atomic E-state index is 13.0. The molecule has 0 radical (unpaired) electrons. The minimum absolute atomic E-state index is 0. The Bertz CT molecular complexity index is 737. The minimum atomic E-state index is -0.291. The van der Waals surface area contributed by atoms with E-state index in [2.05, 4.69) is 20.6 Å². The van der Waals surface area contributed by atoms with Gasteiger partial charge >= 0.3 is 0 Å². The van der Waals surface area contributed by atoms with E-state index >= 15 is 0 Å². The van der Waals surface area contributed by atoms with Gasteiger partial charge in [0.05, 0.1) is 12.2 Å². The Morgan fingerprint density at radius 1 is 1.22 bits per heavy atom. The highest BCUT2D eigenvalue weighted by Crippen LogP contribution is 2.21. The topological polar surface area (TPSA) is 67.8 Å². The van der Waals surface area contributed by atoms with Crippen molar-refractivity contribution in [3.8, 4) is 11.5 Å². The molecule has 1 aliphatic rings. The first-order chi connectivity index (χ1) is 12.7. The second-order valence-corrected chi connectivity index (χ2v) is 6.00. The monoisotopic (exact) mass is 486 g/mol. The average Bonchev–Trinajstić information content (AvgIpc) is 2.68. The molecule has 0 aliphatic carbocycles. The van der Waals surface area contributed by atoms with Crippen LogP contribution in [0.5, 0.6) is 11.5 Å². The molecule has 1 aromatic carbocycles. The molecule has 2 heterocycles. The van der Waals surface area contributed by atoms with Crippen molar-refractivity contribution in [2.24, 2.45) is 4.99 Å². The summed E-state index contributed by atoms with van der Waals surface area (Å²) in [6.45, 7) is 2.07. The van der Waals surface area contributed by atoms with Crippen molar-refractivity contribution in [3.05, 3.63) is 54.1 Å². The fourth-order valence-corrected chi connectivity index (χ4v) is 2.66. The van der Waals surface area contributed by atoms with E-state index < -0.39 is 0 Å². The normalized spacial score (nSPS) is 15.0. The number of guanidine groups is 1. The molecule has 1 saturated heterocycles. The number of rotatable bonds is 5. The predicted molar refractivity (Wildman–Crippen MR) is 113 cm³/mol. The zero-order chi connectivity index (χ0) is 18.2. The molecule has 8 heteroatoms. The van der Waals surface area contributed by atoms with E-state index in [1.807, 2.05) is 6.07 Å². The molecule has 27 heavy (non-hydrogen) atoms. The Morgan fingerprint density at radius 3 is 2.67 bits per heavy atom. The molecule has 2 N–H and O–H groups in total. The number of hydrogen-bond donors (Lipinski definition) is 2. The molecule has 0 bridgehead atoms. The van der Waals surface area contributed by atoms with Gasteiger partial charge in [-0.15, -0.1) is 24.0 Å². The fraction of sp³-hybridized carbons (Fsp3) is 0.368. The van der Waals surface area contributed by atoms with E-state index in [9.17, 15) is 4.39 Å². The maximum absolute atomic E-state index is 13.0. The van der Waals surface area contributed by atoms with Crippen molar-refractivity contribution in [2.75, 3.05) is 20.3 Å². The Kier molecular flexibility index (Phi) is 8.73. The first kappa shape index (κ1) is 21.4. The lowest BCUT2D eigenvalue weighted by molar-refractivity contribution is 0.0822. The summed E-state index contributed by atoms with van der Waals surface area (Å²) < 4.78 is 24.1. The highest BCUT2D eigenvalue weighted by Gasteiger charge is 2.14. The number of hydrogen-bond acceptors (Lipinski definition) is 4. The van der Waals surface area contributed by atoms with Crippen LogP contribution in [0.3, 0.4) is 0 Å². The summed E-state index contributed by atoms with van der Waals surface area (Å²) >= 11 is 0. The first-order valence-corrected chi connectivity index (χ1v) is 8.66. The van der Waals surface area contributed by atoms with Gasteiger partial charge in [-0.2, -0.15) is 0 Å². The lowest BCUT2D eigenvalue weighted by atomic mass is 10.1. The van der Waals surface area contributed by atoms with E-state index in [1.54, 1.807) is 31.4 Å². The summed E-state index contributed by atoms with van der Waals surface area (Å²) in [6.07, 6.45) is 3.63. The second kappa shape index (κ2) is 11.0. The summed E-state index contributed by atoms with van der Waals surface area (Å²) in [6, 6.07) is 9.90. The van der Waals surface area contributed by atoms with Crippen LogP contribution in [0.15, 0.2) is 47.6 Å². The molecular formula is C19H24FIN4O2. The van der Waals surface area contributed by atoms with E-state index in [0.717, 1.165) is 37.7 Å². The molecule has 3 rings (SSSR count). The van der Waals surface area contributed by atoms with Crippen LogP contribution in [0.1, 0.15) is 18.5 Å². The van der Waals surface area contributed by atoms with Crippen molar-refractivity contribution in [2.45, 2.75) is 25.4 Å². The Hall–Kier alpha value is -1.94. The summed E-state index contributed by atoms with van der Waals surface area (Å²) in [5, 5.41) is 6.66. The highest BCUT2D eigenvalue weighted by atomic mass is 127. The number of pyridine rings is 1. The van der Waals surface area contributed by atoms with Gasteiger partial charge in [0.15, 0.2) is 5.96 Å². The molecule has 146 valence electrons. The molecule has 1 aromatic heterocycles. The van der Waals surface area contributed by atoms with Gasteiger partial charge in [0.2, 0.25) is 0 Å². The highest BCUT2D eigenvalue weighted by molar-refractivity contribution is 14.0. The predicted octanol–water partition coefficient (Wildman–Crippen LogP) is 3.48. The molecule has 0 atom stereocenters. The first-order valence-electron chi connectivity index (χ1n) is 8.66. The van der Waals surface area contributed by atoms with E-state index in [4.69, 9.17) is 9.47 Å². The van der Waals surface area contributed by atoms with E-state index in [1.165, 1.54) is 12.1 Å². The third-order valence-electron chi connectivity index (χ3n) is 4.06. The second-order valence-electron chi connectivity index (χ2n) is 6.00. The molecule has 1 aliphatic heterocycles. The van der Waals surface area contributed by atoms with Crippen molar-refractivity contribution in [3.63, 3.8) is 0 Å². The minimum Gasteiger partial charge on any atom is -0.457 e. The molecule has 0 saturated carbocycles. The van der Waals surface area contributed by atoms with Crippen LogP contribution >= 0.6 is 24.0 Å². The van der Waals surface area contributed by atoms with E-state index in [0.29, 0.717) is 24.1 Å². The van der Waals surface area contributed by atoms with Crippen LogP contribution in [0.4, 0.5) is 4.39 Å². The molecule has 0 unspecified atom stereocenters. The van der Waals surface area contributed by atoms with Gasteiger partial charge in [-0.3, -0.25) is 9.98 Å². The van der Waals surface area contributed by atoms with Gasteiger partial charge in [-0.25, -0.2) is 4.39 Å². The van der Waals surface area contributed by atoms with Crippen LogP contribution in [-0.4, -0.2) is 37.2 Å². The lowest BCUT2D eigenvalue weighted by Gasteiger charge is -2.25. The van der Waals surface area contributed by atoms with Crippen LogP contribution in [-0.2, 0) is 11.3 Å². The van der Waals surface area contributed by atoms with Crippen LogP contribution in [0, 0.1) is 5.82 Å². The van der Waals surface area contributed by atoms with E-state index in [-0.39, 0.29) is 29.8 Å². The smallest absolute Gasteiger partial charge is 0.191 e. The molecule has 2 aromatic rings. The summed E-state index contributed by atoms with van der Waals surface area (Å²) in [5.74, 6) is 1.67. The Morgan fingerprint density at radius 2 is 1.96 bits per heavy atom. The molecule has 0 amide bonds. The third-order valence-corrected chi connectivity index (χ3v) is 4.06. The number of aromatic nitrogens is 1. The van der Waals surface area contributed by atoms with Crippen molar-refractivity contribution < 1.29 is 13.9 Å². The van der Waals surface area contributed by atoms with Crippen molar-refractivity contribution in [1.29, 1.82) is 0 Å². The summed E-state index contributed by atoms with van der Waals surface area (Å²) in [4.78, 5) is 8.60. The number of aliphatic imine (C=N–C) groups is 1. The third kappa shape index (κ3) is 6.94. The van der Waals surface area contributed by atoms with Gasteiger partial charge in [-0.05, 0) is 43.2 Å². The largest absolute Gasteiger partial charge is 0.457 e. The quantitative estimate of drug-likeness (QED) is 0.385. The maximum Gasteiger partial charge on any atom is 0.191 e. The average molecular weight is 486 g/mol. The zero-order valence-electron chi connectivity index (χ0n) is 15.2. The SMILES string of the molecule is CN=C(NCc1cc(Oc2ccc(F)cc2)ccn1)NC1CCOCC1.I. The Balaban J connectivity index is 0.00000261. The lowest BCUT2D eigenvalue weighted by Crippen LogP contribution is -2.45. The number of nitrogens with zero attached hydrogens (tertiary/aromatic N) is 2. The zero-order valence-corrected chi connectivity index (χ0v) is 17.5. The van der Waals surface area contributed by atoms with Gasteiger partial charge in [0.25, 0.3) is 0 Å². The van der Waals surface area contributed by atoms with Crippen LogP contribution < -0.4 is 15.4 Å². The van der Waals surface area contributed by atoms with Crippen molar-refractivity contribution in [1.82, 2.24) is 15.6 Å². The number of halogens is 2. The van der Waals surface area contributed by atoms with Gasteiger partial charge < -0.3 is 20.1 Å². The molecular weight excluding hydrogens is 462 g/mol. The fourth-order valence-electron chi connectivity index (χ4n) is 2.66. The molecule has 6 nitrogen and oxygen atoms in total. The number of benzene rings is 1. The molecule has 0 spiro atoms. The summed E-state index contributed by atoms with van der Waals surface area (Å²) in [5.41, 5.74) is 0.819. The van der Waals surface area contributed by atoms with Crippen LogP contribution in [0.2, 0.25) is 0 Å². The van der Waals surface area contributed by atoms with Gasteiger partial charge in [0.1, 0.15) is 17.3 Å². The van der Waals surface area contributed by atoms with Gasteiger partial charge in [-0.1, -0.05) is 0 Å². The van der Waals surface area contributed by atoms with Gasteiger partial charge in [0, 0.05) is 38.6 Å². The Labute approximate surface area is 175 Å². The number of ether oxygens (including phenoxy) is 2. The van der Waals surface area contributed by atoms with Crippen molar-refractivity contribution >= 4 is 29.9 Å². The number of nitrogens with one attached hydrogen (secondary N) is 2. The standard InChI is InChI=1S/C19H23FN4O2.HI/c1-21-19(24-15-7-10-25-11-8-15)23-13-16-12-18(6-9-22-16)26-17-4-2-14(20)3-5-17;/h2-6,9,12,15H,7-8,10-11,13H2,1H3,(H2,21,23,24);1H.